The van der Waals surface area contributed by atoms with Crippen LogP contribution in [0.3, 0.4) is 0 Å². The minimum atomic E-state index is 0.388. The van der Waals surface area contributed by atoms with Gasteiger partial charge in [0.05, 0.1) is 7.11 Å². The van der Waals surface area contributed by atoms with Crippen LogP contribution in [0.15, 0.2) is 24.3 Å². The first-order valence-corrected chi connectivity index (χ1v) is 6.90. The van der Waals surface area contributed by atoms with Crippen molar-refractivity contribution < 1.29 is 4.74 Å². The third-order valence-corrected chi connectivity index (χ3v) is 4.05. The molecule has 0 amide bonds. The minimum absolute atomic E-state index is 0.388. The van der Waals surface area contributed by atoms with Crippen molar-refractivity contribution in [3.05, 3.63) is 29.8 Å². The molecule has 0 heterocycles. The van der Waals surface area contributed by atoms with Gasteiger partial charge in [-0.2, -0.15) is 0 Å². The highest BCUT2D eigenvalue weighted by Crippen LogP contribution is 2.37. The van der Waals surface area contributed by atoms with Gasteiger partial charge in [0.1, 0.15) is 5.75 Å². The lowest BCUT2D eigenvalue weighted by Gasteiger charge is -2.22. The largest absolute Gasteiger partial charge is 0.497 e. The van der Waals surface area contributed by atoms with E-state index >= 15 is 0 Å². The zero-order valence-corrected chi connectivity index (χ0v) is 12.0. The summed E-state index contributed by atoms with van der Waals surface area (Å²) in [7, 11) is 1.72. The highest BCUT2D eigenvalue weighted by atomic mass is 16.5. The van der Waals surface area contributed by atoms with Crippen molar-refractivity contribution in [2.24, 2.45) is 5.41 Å². The Morgan fingerprint density at radius 3 is 2.78 bits per heavy atom. The van der Waals surface area contributed by atoms with Crippen LogP contribution in [0.25, 0.3) is 0 Å². The molecule has 2 nitrogen and oxygen atoms in total. The number of hydrogen-bond donors (Lipinski definition) is 1. The molecule has 2 rings (SSSR count). The Labute approximate surface area is 111 Å². The lowest BCUT2D eigenvalue weighted by molar-refractivity contribution is 0.356. The number of methoxy groups -OCH3 is 1. The van der Waals surface area contributed by atoms with E-state index in [0.717, 1.165) is 5.75 Å². The molecular weight excluding hydrogens is 222 g/mol. The molecule has 0 radical (unpaired) electrons. The molecule has 100 valence electrons. The van der Waals surface area contributed by atoms with Crippen LogP contribution in [-0.4, -0.2) is 13.2 Å². The maximum absolute atomic E-state index is 5.28. The molecule has 1 aromatic carbocycles. The summed E-state index contributed by atoms with van der Waals surface area (Å²) in [6, 6.07) is 9.39. The fourth-order valence-electron chi connectivity index (χ4n) is 2.94. The Morgan fingerprint density at radius 2 is 2.17 bits per heavy atom. The first-order valence-electron chi connectivity index (χ1n) is 6.90. The van der Waals surface area contributed by atoms with Gasteiger partial charge in [0.2, 0.25) is 0 Å². The molecular formula is C16H25NO. The van der Waals surface area contributed by atoms with E-state index in [-0.39, 0.29) is 0 Å². The van der Waals surface area contributed by atoms with Crippen LogP contribution in [0.2, 0.25) is 0 Å². The fourth-order valence-corrected chi connectivity index (χ4v) is 2.94. The second-order valence-corrected chi connectivity index (χ2v) is 6.27. The molecule has 1 N–H and O–H groups in total. The minimum Gasteiger partial charge on any atom is -0.497 e. The van der Waals surface area contributed by atoms with Crippen molar-refractivity contribution in [2.45, 2.75) is 52.1 Å². The van der Waals surface area contributed by atoms with E-state index < -0.39 is 0 Å². The summed E-state index contributed by atoms with van der Waals surface area (Å²) in [6.07, 6.45) is 3.90. The van der Waals surface area contributed by atoms with E-state index in [2.05, 4.69) is 44.3 Å². The molecule has 1 fully saturated rings. The van der Waals surface area contributed by atoms with Crippen LogP contribution >= 0.6 is 0 Å². The van der Waals surface area contributed by atoms with Crippen molar-refractivity contribution in [1.29, 1.82) is 0 Å². The van der Waals surface area contributed by atoms with Crippen LogP contribution in [0.4, 0.5) is 0 Å². The van der Waals surface area contributed by atoms with Gasteiger partial charge >= 0.3 is 0 Å². The van der Waals surface area contributed by atoms with Crippen LogP contribution in [-0.2, 0) is 0 Å². The summed E-state index contributed by atoms with van der Waals surface area (Å²) in [6.45, 7) is 6.97. The van der Waals surface area contributed by atoms with E-state index in [0.29, 0.717) is 17.5 Å². The van der Waals surface area contributed by atoms with E-state index in [4.69, 9.17) is 4.74 Å². The smallest absolute Gasteiger partial charge is 0.119 e. The van der Waals surface area contributed by atoms with E-state index in [1.807, 2.05) is 6.07 Å². The van der Waals surface area contributed by atoms with Crippen molar-refractivity contribution in [1.82, 2.24) is 5.32 Å². The summed E-state index contributed by atoms with van der Waals surface area (Å²) in [4.78, 5) is 0. The van der Waals surface area contributed by atoms with Crippen LogP contribution in [0, 0.1) is 5.41 Å². The van der Waals surface area contributed by atoms with E-state index in [1.165, 1.54) is 24.8 Å². The Morgan fingerprint density at radius 1 is 1.39 bits per heavy atom. The molecule has 18 heavy (non-hydrogen) atoms. The molecule has 2 unspecified atom stereocenters. The number of benzene rings is 1. The van der Waals surface area contributed by atoms with Gasteiger partial charge in [-0.05, 0) is 49.3 Å². The van der Waals surface area contributed by atoms with Gasteiger partial charge in [-0.15, -0.1) is 0 Å². The van der Waals surface area contributed by atoms with E-state index in [9.17, 15) is 0 Å². The van der Waals surface area contributed by atoms with Crippen LogP contribution in [0.1, 0.15) is 51.6 Å². The van der Waals surface area contributed by atoms with Gasteiger partial charge < -0.3 is 10.1 Å². The molecule has 2 heteroatoms. The zero-order valence-electron chi connectivity index (χ0n) is 12.0. The summed E-state index contributed by atoms with van der Waals surface area (Å²) < 4.78 is 5.28. The molecule has 0 aromatic heterocycles. The van der Waals surface area contributed by atoms with Gasteiger partial charge in [-0.25, -0.2) is 0 Å². The average Bonchev–Trinajstić information content (AvgIpc) is 2.68. The first kappa shape index (κ1) is 13.4. The topological polar surface area (TPSA) is 21.3 Å². The molecule has 0 saturated heterocycles. The molecule has 1 aliphatic rings. The van der Waals surface area contributed by atoms with Crippen LogP contribution in [0.5, 0.6) is 5.75 Å². The lowest BCUT2D eigenvalue weighted by atomic mass is 9.91. The lowest BCUT2D eigenvalue weighted by Crippen LogP contribution is -2.30. The molecule has 1 saturated carbocycles. The Bertz CT molecular complexity index is 400. The number of nitrogens with one attached hydrogen (secondary N) is 1. The van der Waals surface area contributed by atoms with Gasteiger partial charge in [0, 0.05) is 12.1 Å². The Balaban J connectivity index is 1.97. The molecule has 2 atom stereocenters. The summed E-state index contributed by atoms with van der Waals surface area (Å²) in [5.74, 6) is 0.938. The summed E-state index contributed by atoms with van der Waals surface area (Å²) in [5.41, 5.74) is 1.81. The Hall–Kier alpha value is -1.02. The molecule has 0 spiro atoms. The third kappa shape index (κ3) is 3.26. The quantitative estimate of drug-likeness (QED) is 0.870. The standard InChI is InChI=1S/C16H25NO/c1-12(13-6-5-7-15(10-13)18-4)17-14-8-9-16(2,3)11-14/h5-7,10,12,14,17H,8-9,11H2,1-4H3. The monoisotopic (exact) mass is 247 g/mol. The summed E-state index contributed by atoms with van der Waals surface area (Å²) in [5, 5.41) is 3.75. The predicted octanol–water partition coefficient (Wildman–Crippen LogP) is 3.92. The molecule has 1 aliphatic carbocycles. The average molecular weight is 247 g/mol. The molecule has 0 aliphatic heterocycles. The van der Waals surface area contributed by atoms with Gasteiger partial charge in [-0.3, -0.25) is 0 Å². The van der Waals surface area contributed by atoms with Crippen molar-refractivity contribution in [3.8, 4) is 5.75 Å². The van der Waals surface area contributed by atoms with E-state index in [1.54, 1.807) is 7.11 Å². The molecule has 1 aromatic rings. The Kier molecular flexibility index (Phi) is 3.96. The third-order valence-electron chi connectivity index (χ3n) is 4.05. The number of rotatable bonds is 4. The normalized spacial score (nSPS) is 23.9. The van der Waals surface area contributed by atoms with Crippen molar-refractivity contribution >= 4 is 0 Å². The van der Waals surface area contributed by atoms with Crippen molar-refractivity contribution in [2.75, 3.05) is 7.11 Å². The highest BCUT2D eigenvalue weighted by molar-refractivity contribution is 5.30. The number of ether oxygens (including phenoxy) is 1. The maximum atomic E-state index is 5.28. The highest BCUT2D eigenvalue weighted by Gasteiger charge is 2.31. The van der Waals surface area contributed by atoms with Gasteiger partial charge in [0.15, 0.2) is 0 Å². The SMILES string of the molecule is COc1cccc(C(C)NC2CCC(C)(C)C2)c1. The number of hydrogen-bond acceptors (Lipinski definition) is 2. The van der Waals surface area contributed by atoms with Crippen LogP contribution < -0.4 is 10.1 Å². The first-order chi connectivity index (χ1) is 8.50. The summed E-state index contributed by atoms with van der Waals surface area (Å²) >= 11 is 0. The molecule has 0 bridgehead atoms. The predicted molar refractivity (Wildman–Crippen MR) is 76.0 cm³/mol. The van der Waals surface area contributed by atoms with Gasteiger partial charge in [0.25, 0.3) is 0 Å². The maximum Gasteiger partial charge on any atom is 0.119 e. The second-order valence-electron chi connectivity index (χ2n) is 6.27. The fraction of sp³-hybridized carbons (Fsp3) is 0.625. The second kappa shape index (κ2) is 5.31. The zero-order chi connectivity index (χ0) is 13.2. The van der Waals surface area contributed by atoms with Gasteiger partial charge in [-0.1, -0.05) is 26.0 Å². The van der Waals surface area contributed by atoms with Crippen molar-refractivity contribution in [3.63, 3.8) is 0 Å².